The van der Waals surface area contributed by atoms with E-state index in [2.05, 4.69) is 14.5 Å². The number of nitrogens with zero attached hydrogens (tertiary/aromatic N) is 3. The van der Waals surface area contributed by atoms with E-state index in [1.165, 1.54) is 0 Å². The molecule has 0 saturated carbocycles. The van der Waals surface area contributed by atoms with Crippen LogP contribution in [-0.2, 0) is 17.9 Å². The summed E-state index contributed by atoms with van der Waals surface area (Å²) in [6, 6.07) is 0. The molecule has 1 aromatic heterocycles. The van der Waals surface area contributed by atoms with Crippen LogP contribution >= 0.6 is 0 Å². The second-order valence-electron chi connectivity index (χ2n) is 3.77. The van der Waals surface area contributed by atoms with Crippen molar-refractivity contribution in [1.29, 1.82) is 0 Å². The van der Waals surface area contributed by atoms with Crippen LogP contribution in [0.15, 0.2) is 12.4 Å². The predicted octanol–water partition coefficient (Wildman–Crippen LogP) is 0.678. The van der Waals surface area contributed by atoms with Gasteiger partial charge in [-0.2, -0.15) is 0 Å². The molecule has 0 spiro atoms. The van der Waals surface area contributed by atoms with Crippen LogP contribution in [0.4, 0.5) is 0 Å². The molecule has 0 fully saturated rings. The Balaban J connectivity index is 1.91. The van der Waals surface area contributed by atoms with Crippen LogP contribution in [0.2, 0.25) is 0 Å². The van der Waals surface area contributed by atoms with Crippen LogP contribution in [0, 0.1) is 0 Å². The minimum absolute atomic E-state index is 0.263. The van der Waals surface area contributed by atoms with Crippen LogP contribution < -0.4 is 0 Å². The molecule has 4 nitrogen and oxygen atoms in total. The number of carbonyl (C=O) groups is 1. The zero-order valence-electron chi connectivity index (χ0n) is 8.44. The van der Waals surface area contributed by atoms with Crippen molar-refractivity contribution >= 4 is 5.78 Å². The Bertz CT molecular complexity index is 332. The Morgan fingerprint density at radius 1 is 1.57 bits per heavy atom. The van der Waals surface area contributed by atoms with Crippen molar-refractivity contribution in [3.05, 3.63) is 18.2 Å². The Kier molecular flexibility index (Phi) is 2.63. The molecule has 2 rings (SSSR count). The molecule has 0 radical (unpaired) electrons. The van der Waals surface area contributed by atoms with E-state index < -0.39 is 0 Å². The molecule has 1 aliphatic rings. The molecule has 4 heteroatoms. The summed E-state index contributed by atoms with van der Waals surface area (Å²) in [7, 11) is 0. The lowest BCUT2D eigenvalue weighted by molar-refractivity contribution is -0.117. The summed E-state index contributed by atoms with van der Waals surface area (Å²) in [6.45, 7) is 5.40. The van der Waals surface area contributed by atoms with Gasteiger partial charge >= 0.3 is 0 Å². The molecule has 1 aliphatic heterocycles. The van der Waals surface area contributed by atoms with Gasteiger partial charge in [-0.3, -0.25) is 9.69 Å². The van der Waals surface area contributed by atoms with Gasteiger partial charge in [0.1, 0.15) is 11.6 Å². The fraction of sp³-hybridized carbons (Fsp3) is 0.600. The van der Waals surface area contributed by atoms with Crippen molar-refractivity contribution in [1.82, 2.24) is 14.5 Å². The molecule has 0 N–H and O–H groups in total. The van der Waals surface area contributed by atoms with Gasteiger partial charge in [0.2, 0.25) is 0 Å². The highest BCUT2D eigenvalue weighted by molar-refractivity contribution is 5.75. The van der Waals surface area contributed by atoms with Gasteiger partial charge in [-0.15, -0.1) is 0 Å². The maximum absolute atomic E-state index is 10.8. The molecule has 0 atom stereocenters. The Morgan fingerprint density at radius 3 is 3.21 bits per heavy atom. The number of hydrogen-bond acceptors (Lipinski definition) is 3. The van der Waals surface area contributed by atoms with Crippen molar-refractivity contribution in [2.24, 2.45) is 0 Å². The molecule has 14 heavy (non-hydrogen) atoms. The Hall–Kier alpha value is -1.16. The van der Waals surface area contributed by atoms with E-state index in [1.807, 2.05) is 12.4 Å². The third-order valence-electron chi connectivity index (χ3n) is 2.60. The lowest BCUT2D eigenvalue weighted by Crippen LogP contribution is -2.34. The lowest BCUT2D eigenvalue weighted by Gasteiger charge is -2.26. The summed E-state index contributed by atoms with van der Waals surface area (Å²) in [5.74, 6) is 1.37. The zero-order valence-corrected chi connectivity index (χ0v) is 8.44. The summed E-state index contributed by atoms with van der Waals surface area (Å²) >= 11 is 0. The first-order valence-corrected chi connectivity index (χ1v) is 4.97. The fourth-order valence-corrected chi connectivity index (χ4v) is 1.73. The monoisotopic (exact) mass is 193 g/mol. The van der Waals surface area contributed by atoms with E-state index in [9.17, 15) is 4.79 Å². The number of carbonyl (C=O) groups excluding carboxylic acids is 1. The van der Waals surface area contributed by atoms with Gasteiger partial charge < -0.3 is 4.57 Å². The van der Waals surface area contributed by atoms with Crippen LogP contribution in [0.1, 0.15) is 19.2 Å². The lowest BCUT2D eigenvalue weighted by atomic mass is 10.2. The number of imidazole rings is 1. The molecule has 0 saturated heterocycles. The molecule has 0 aromatic carbocycles. The van der Waals surface area contributed by atoms with Crippen molar-refractivity contribution in [3.63, 3.8) is 0 Å². The summed E-state index contributed by atoms with van der Waals surface area (Å²) in [4.78, 5) is 17.4. The average molecular weight is 193 g/mol. The summed E-state index contributed by atoms with van der Waals surface area (Å²) < 4.78 is 2.17. The Labute approximate surface area is 83.5 Å². The number of aromatic nitrogens is 2. The van der Waals surface area contributed by atoms with Crippen LogP contribution in [0.3, 0.4) is 0 Å². The van der Waals surface area contributed by atoms with Crippen LogP contribution in [-0.4, -0.2) is 33.3 Å². The van der Waals surface area contributed by atoms with E-state index >= 15 is 0 Å². The number of ketones is 1. The predicted molar refractivity (Wildman–Crippen MR) is 52.8 cm³/mol. The molecule has 1 aromatic rings. The first-order valence-electron chi connectivity index (χ1n) is 4.97. The first kappa shape index (κ1) is 9.40. The number of Topliss-reactive ketones (excluding diaryl/α,β-unsaturated/α-hetero) is 1. The van der Waals surface area contributed by atoms with Crippen molar-refractivity contribution < 1.29 is 4.79 Å². The van der Waals surface area contributed by atoms with E-state index in [4.69, 9.17) is 0 Å². The fourth-order valence-electron chi connectivity index (χ4n) is 1.73. The highest BCUT2D eigenvalue weighted by Gasteiger charge is 2.15. The van der Waals surface area contributed by atoms with Gasteiger partial charge in [0.05, 0.1) is 6.54 Å². The minimum atomic E-state index is 0.263. The third kappa shape index (κ3) is 2.01. The van der Waals surface area contributed by atoms with Gasteiger partial charge in [-0.1, -0.05) is 0 Å². The summed E-state index contributed by atoms with van der Waals surface area (Å²) in [6.07, 6.45) is 4.50. The molecular formula is C10H15N3O. The standard InChI is InChI=1S/C10H15N3O/c1-9(14)2-4-12-6-7-13-5-3-11-10(13)8-12/h3,5H,2,4,6-8H2,1H3. The van der Waals surface area contributed by atoms with Gasteiger partial charge in [0.15, 0.2) is 0 Å². The number of hydrogen-bond donors (Lipinski definition) is 0. The Morgan fingerprint density at radius 2 is 2.43 bits per heavy atom. The normalized spacial score (nSPS) is 16.6. The average Bonchev–Trinajstić information content (AvgIpc) is 2.61. The van der Waals surface area contributed by atoms with Gasteiger partial charge in [-0.25, -0.2) is 4.98 Å². The van der Waals surface area contributed by atoms with Crippen LogP contribution in [0.25, 0.3) is 0 Å². The van der Waals surface area contributed by atoms with Gasteiger partial charge in [0.25, 0.3) is 0 Å². The van der Waals surface area contributed by atoms with Crippen molar-refractivity contribution in [2.45, 2.75) is 26.4 Å². The SMILES string of the molecule is CC(=O)CCN1CCn2ccnc2C1. The molecule has 0 aliphatic carbocycles. The molecule has 76 valence electrons. The molecule has 0 bridgehead atoms. The largest absolute Gasteiger partial charge is 0.333 e. The second-order valence-corrected chi connectivity index (χ2v) is 3.77. The van der Waals surface area contributed by atoms with Gasteiger partial charge in [-0.05, 0) is 6.92 Å². The number of rotatable bonds is 3. The third-order valence-corrected chi connectivity index (χ3v) is 2.60. The van der Waals surface area contributed by atoms with Gasteiger partial charge in [0, 0.05) is 38.4 Å². The summed E-state index contributed by atoms with van der Waals surface area (Å²) in [5, 5.41) is 0. The smallest absolute Gasteiger partial charge is 0.131 e. The quantitative estimate of drug-likeness (QED) is 0.708. The van der Waals surface area contributed by atoms with E-state index in [0.29, 0.717) is 6.42 Å². The first-order chi connectivity index (χ1) is 6.75. The highest BCUT2D eigenvalue weighted by atomic mass is 16.1. The number of fused-ring (bicyclic) bond motifs is 1. The molecule has 0 amide bonds. The highest BCUT2D eigenvalue weighted by Crippen LogP contribution is 2.10. The van der Waals surface area contributed by atoms with E-state index in [1.54, 1.807) is 6.92 Å². The maximum atomic E-state index is 10.8. The maximum Gasteiger partial charge on any atom is 0.131 e. The van der Waals surface area contributed by atoms with Crippen molar-refractivity contribution in [3.8, 4) is 0 Å². The molecule has 2 heterocycles. The minimum Gasteiger partial charge on any atom is -0.333 e. The summed E-state index contributed by atoms with van der Waals surface area (Å²) in [5.41, 5.74) is 0. The topological polar surface area (TPSA) is 38.1 Å². The zero-order chi connectivity index (χ0) is 9.97. The van der Waals surface area contributed by atoms with Crippen molar-refractivity contribution in [2.75, 3.05) is 13.1 Å². The molecular weight excluding hydrogens is 178 g/mol. The molecule has 0 unspecified atom stereocenters. The second kappa shape index (κ2) is 3.92. The van der Waals surface area contributed by atoms with Crippen LogP contribution in [0.5, 0.6) is 0 Å². The van der Waals surface area contributed by atoms with E-state index in [-0.39, 0.29) is 5.78 Å². The van der Waals surface area contributed by atoms with E-state index in [0.717, 1.165) is 32.0 Å².